The van der Waals surface area contributed by atoms with E-state index in [1.54, 1.807) is 0 Å². The molecule has 4 heteroatoms. The molecule has 24 heavy (non-hydrogen) atoms. The highest BCUT2D eigenvalue weighted by Gasteiger charge is 2.20. The van der Waals surface area contributed by atoms with Gasteiger partial charge in [-0.3, -0.25) is 4.90 Å². The molecule has 0 atom stereocenters. The number of halogens is 1. The molecule has 1 aromatic heterocycles. The van der Waals surface area contributed by atoms with Crippen LogP contribution in [-0.4, -0.2) is 27.5 Å². The Morgan fingerprint density at radius 2 is 1.75 bits per heavy atom. The third kappa shape index (κ3) is 3.33. The SMILES string of the molecule is Clc1ccccc1CN1CCC(Cn2cnc3ccccc32)CC1. The zero-order valence-electron chi connectivity index (χ0n) is 13.7. The van der Waals surface area contributed by atoms with Crippen molar-refractivity contribution in [2.75, 3.05) is 13.1 Å². The van der Waals surface area contributed by atoms with Crippen molar-refractivity contribution < 1.29 is 0 Å². The highest BCUT2D eigenvalue weighted by Crippen LogP contribution is 2.24. The largest absolute Gasteiger partial charge is 0.330 e. The third-order valence-electron chi connectivity index (χ3n) is 5.04. The molecule has 2 heterocycles. The summed E-state index contributed by atoms with van der Waals surface area (Å²) in [6, 6.07) is 16.6. The van der Waals surface area contributed by atoms with E-state index >= 15 is 0 Å². The van der Waals surface area contributed by atoms with Crippen LogP contribution in [0.15, 0.2) is 54.9 Å². The number of hydrogen-bond acceptors (Lipinski definition) is 2. The molecule has 1 aliphatic rings. The average Bonchev–Trinajstić information content (AvgIpc) is 3.02. The van der Waals surface area contributed by atoms with Gasteiger partial charge in [0.05, 0.1) is 17.4 Å². The van der Waals surface area contributed by atoms with Gasteiger partial charge in [0.2, 0.25) is 0 Å². The first kappa shape index (κ1) is 15.7. The van der Waals surface area contributed by atoms with Gasteiger partial charge in [-0.2, -0.15) is 0 Å². The summed E-state index contributed by atoms with van der Waals surface area (Å²) in [5.41, 5.74) is 3.57. The molecule has 0 radical (unpaired) electrons. The number of para-hydroxylation sites is 2. The first-order chi connectivity index (χ1) is 11.8. The van der Waals surface area contributed by atoms with E-state index in [1.165, 1.54) is 23.9 Å². The quantitative estimate of drug-likeness (QED) is 0.692. The summed E-state index contributed by atoms with van der Waals surface area (Å²) in [4.78, 5) is 7.02. The smallest absolute Gasteiger partial charge is 0.0958 e. The van der Waals surface area contributed by atoms with E-state index in [0.717, 1.165) is 42.6 Å². The topological polar surface area (TPSA) is 21.1 Å². The van der Waals surface area contributed by atoms with Crippen molar-refractivity contribution >= 4 is 22.6 Å². The zero-order chi connectivity index (χ0) is 16.4. The molecule has 2 aromatic carbocycles. The molecular weight excluding hydrogens is 318 g/mol. The number of benzene rings is 2. The van der Waals surface area contributed by atoms with E-state index in [4.69, 9.17) is 11.6 Å². The van der Waals surface area contributed by atoms with E-state index in [0.29, 0.717) is 0 Å². The molecule has 0 spiro atoms. The highest BCUT2D eigenvalue weighted by molar-refractivity contribution is 6.31. The number of likely N-dealkylation sites (tertiary alicyclic amines) is 1. The second kappa shape index (κ2) is 6.96. The van der Waals surface area contributed by atoms with Crippen molar-refractivity contribution in [2.24, 2.45) is 5.92 Å². The Balaban J connectivity index is 1.35. The average molecular weight is 340 g/mol. The summed E-state index contributed by atoms with van der Waals surface area (Å²) < 4.78 is 2.31. The molecule has 0 unspecified atom stereocenters. The number of aromatic nitrogens is 2. The van der Waals surface area contributed by atoms with Crippen LogP contribution in [0, 0.1) is 5.92 Å². The fourth-order valence-electron chi connectivity index (χ4n) is 3.63. The van der Waals surface area contributed by atoms with Crippen molar-refractivity contribution in [1.82, 2.24) is 14.5 Å². The number of hydrogen-bond donors (Lipinski definition) is 0. The second-order valence-corrected chi connectivity index (χ2v) is 7.10. The number of fused-ring (bicyclic) bond motifs is 1. The lowest BCUT2D eigenvalue weighted by atomic mass is 9.96. The minimum Gasteiger partial charge on any atom is -0.330 e. The van der Waals surface area contributed by atoms with Gasteiger partial charge in [0.25, 0.3) is 0 Å². The van der Waals surface area contributed by atoms with Gasteiger partial charge in [0, 0.05) is 18.1 Å². The molecule has 0 aliphatic carbocycles. The lowest BCUT2D eigenvalue weighted by Gasteiger charge is -2.32. The molecule has 1 aliphatic heterocycles. The standard InChI is InChI=1S/C20H22ClN3/c21-18-6-2-1-5-17(18)14-23-11-9-16(10-12-23)13-24-15-22-19-7-3-4-8-20(19)24/h1-8,15-16H,9-14H2. The monoisotopic (exact) mass is 339 g/mol. The summed E-state index contributed by atoms with van der Waals surface area (Å²) in [5.74, 6) is 0.727. The van der Waals surface area contributed by atoms with Crippen LogP contribution in [0.25, 0.3) is 11.0 Å². The molecule has 1 saturated heterocycles. The molecule has 4 rings (SSSR count). The van der Waals surface area contributed by atoms with Crippen LogP contribution in [0.3, 0.4) is 0 Å². The third-order valence-corrected chi connectivity index (χ3v) is 5.41. The number of imidazole rings is 1. The van der Waals surface area contributed by atoms with Crippen molar-refractivity contribution in [1.29, 1.82) is 0 Å². The van der Waals surface area contributed by atoms with E-state index in [9.17, 15) is 0 Å². The molecule has 3 aromatic rings. The predicted octanol–water partition coefficient (Wildman–Crippen LogP) is 4.60. The fraction of sp³-hybridized carbons (Fsp3) is 0.350. The van der Waals surface area contributed by atoms with E-state index in [1.807, 2.05) is 24.5 Å². The van der Waals surface area contributed by atoms with Crippen molar-refractivity contribution in [3.8, 4) is 0 Å². The maximum Gasteiger partial charge on any atom is 0.0958 e. The maximum absolute atomic E-state index is 6.29. The second-order valence-electron chi connectivity index (χ2n) is 6.70. The Labute approximate surface area is 147 Å². The molecule has 1 fully saturated rings. The summed E-state index contributed by atoms with van der Waals surface area (Å²) in [5, 5.41) is 0.879. The Hall–Kier alpha value is -1.84. The van der Waals surface area contributed by atoms with Crippen molar-refractivity contribution in [3.63, 3.8) is 0 Å². The van der Waals surface area contributed by atoms with Crippen LogP contribution in [-0.2, 0) is 13.1 Å². The Kier molecular flexibility index (Phi) is 4.54. The number of rotatable bonds is 4. The van der Waals surface area contributed by atoms with Crippen LogP contribution >= 0.6 is 11.6 Å². The molecular formula is C20H22ClN3. The number of nitrogens with zero attached hydrogens (tertiary/aromatic N) is 3. The first-order valence-corrected chi connectivity index (χ1v) is 9.03. The van der Waals surface area contributed by atoms with Crippen LogP contribution in [0.4, 0.5) is 0 Å². The van der Waals surface area contributed by atoms with E-state index in [2.05, 4.69) is 44.8 Å². The van der Waals surface area contributed by atoms with Crippen molar-refractivity contribution in [2.45, 2.75) is 25.9 Å². The van der Waals surface area contributed by atoms with Crippen LogP contribution in [0.2, 0.25) is 5.02 Å². The van der Waals surface area contributed by atoms with Gasteiger partial charge >= 0.3 is 0 Å². The summed E-state index contributed by atoms with van der Waals surface area (Å²) in [6.45, 7) is 4.31. The minimum atomic E-state index is 0.727. The zero-order valence-corrected chi connectivity index (χ0v) is 14.5. The number of piperidine rings is 1. The lowest BCUT2D eigenvalue weighted by molar-refractivity contribution is 0.168. The van der Waals surface area contributed by atoms with Gasteiger partial charge in [-0.05, 0) is 55.6 Å². The first-order valence-electron chi connectivity index (χ1n) is 8.65. The van der Waals surface area contributed by atoms with E-state index in [-0.39, 0.29) is 0 Å². The van der Waals surface area contributed by atoms with Gasteiger partial charge in [0.15, 0.2) is 0 Å². The molecule has 0 bridgehead atoms. The van der Waals surface area contributed by atoms with Gasteiger partial charge in [-0.25, -0.2) is 4.98 Å². The van der Waals surface area contributed by atoms with Gasteiger partial charge in [-0.15, -0.1) is 0 Å². The molecule has 3 nitrogen and oxygen atoms in total. The normalized spacial score (nSPS) is 16.7. The van der Waals surface area contributed by atoms with E-state index < -0.39 is 0 Å². The minimum absolute atomic E-state index is 0.727. The van der Waals surface area contributed by atoms with Gasteiger partial charge in [0.1, 0.15) is 0 Å². The fourth-order valence-corrected chi connectivity index (χ4v) is 3.82. The van der Waals surface area contributed by atoms with Crippen LogP contribution in [0.1, 0.15) is 18.4 Å². The molecule has 124 valence electrons. The maximum atomic E-state index is 6.29. The molecule has 0 amide bonds. The molecule has 0 N–H and O–H groups in total. The predicted molar refractivity (Wildman–Crippen MR) is 99.2 cm³/mol. The van der Waals surface area contributed by atoms with Gasteiger partial charge in [-0.1, -0.05) is 41.9 Å². The Morgan fingerprint density at radius 3 is 2.58 bits per heavy atom. The molecule has 0 saturated carbocycles. The Bertz CT molecular complexity index is 818. The van der Waals surface area contributed by atoms with Crippen molar-refractivity contribution in [3.05, 3.63) is 65.4 Å². The Morgan fingerprint density at radius 1 is 1.00 bits per heavy atom. The van der Waals surface area contributed by atoms with Crippen LogP contribution < -0.4 is 0 Å². The summed E-state index contributed by atoms with van der Waals surface area (Å²) >= 11 is 6.29. The summed E-state index contributed by atoms with van der Waals surface area (Å²) in [7, 11) is 0. The van der Waals surface area contributed by atoms with Crippen LogP contribution in [0.5, 0.6) is 0 Å². The highest BCUT2D eigenvalue weighted by atomic mass is 35.5. The van der Waals surface area contributed by atoms with Gasteiger partial charge < -0.3 is 4.57 Å². The lowest BCUT2D eigenvalue weighted by Crippen LogP contribution is -2.34. The summed E-state index contributed by atoms with van der Waals surface area (Å²) in [6.07, 6.45) is 4.45.